The Morgan fingerprint density at radius 1 is 0.635 bits per heavy atom. The van der Waals surface area contributed by atoms with Crippen LogP contribution in [0.4, 0.5) is 30.6 Å². The first-order valence-electron chi connectivity index (χ1n) is 15.6. The highest BCUT2D eigenvalue weighted by atomic mass is 35.5. The van der Waals surface area contributed by atoms with Gasteiger partial charge in [0.15, 0.2) is 5.82 Å². The summed E-state index contributed by atoms with van der Waals surface area (Å²) in [5.41, 5.74) is 12.1. The summed E-state index contributed by atoms with van der Waals surface area (Å²) in [5, 5.41) is 3.25. The lowest BCUT2D eigenvalue weighted by atomic mass is 10.2. The molecule has 0 aliphatic carbocycles. The van der Waals surface area contributed by atoms with Gasteiger partial charge < -0.3 is 11.1 Å². The van der Waals surface area contributed by atoms with E-state index in [0.29, 0.717) is 22.5 Å². The number of nitrogens with one attached hydrogen (secondary N) is 1. The second kappa shape index (κ2) is 15.2. The molecule has 0 saturated heterocycles. The van der Waals surface area contributed by atoms with Gasteiger partial charge in [-0.1, -0.05) is 29.8 Å². The SMILES string of the molecule is Cc1ccc(N)nc1.Cc1nc2ccccn2c1-c1cncc(Cl)n1.Cc1nc2ccccn2c1-c1cncc(Nc2ccc(C(F)(F)F)cn2)n1. The number of aryl methyl sites for hydroxylation is 3. The molecule has 8 aromatic heterocycles. The molecule has 0 radical (unpaired) electrons. The van der Waals surface area contributed by atoms with Gasteiger partial charge in [0.25, 0.3) is 0 Å². The predicted molar refractivity (Wildman–Crippen MR) is 193 cm³/mol. The average Bonchev–Trinajstić information content (AvgIpc) is 3.65. The number of nitrogen functional groups attached to an aromatic ring is 1. The van der Waals surface area contributed by atoms with Gasteiger partial charge in [-0.3, -0.25) is 18.8 Å². The number of alkyl halides is 3. The minimum atomic E-state index is -4.42. The zero-order valence-corrected chi connectivity index (χ0v) is 28.7. The summed E-state index contributed by atoms with van der Waals surface area (Å²) in [5.74, 6) is 1.19. The molecule has 8 rings (SSSR count). The fraction of sp³-hybridized carbons (Fsp3) is 0.111. The summed E-state index contributed by atoms with van der Waals surface area (Å²) in [6.07, 6.45) is 8.21. The Balaban J connectivity index is 0.000000157. The Morgan fingerprint density at radius 2 is 1.25 bits per heavy atom. The van der Waals surface area contributed by atoms with E-state index < -0.39 is 11.7 Å². The van der Waals surface area contributed by atoms with E-state index in [1.54, 1.807) is 24.7 Å². The van der Waals surface area contributed by atoms with E-state index in [0.717, 1.165) is 57.6 Å². The predicted octanol–water partition coefficient (Wildman–Crippen LogP) is 7.98. The quantitative estimate of drug-likeness (QED) is 0.183. The second-order valence-electron chi connectivity index (χ2n) is 11.3. The molecule has 0 bridgehead atoms. The van der Waals surface area contributed by atoms with E-state index in [1.165, 1.54) is 18.5 Å². The van der Waals surface area contributed by atoms with Gasteiger partial charge in [0, 0.05) is 24.8 Å². The number of fused-ring (bicyclic) bond motifs is 2. The number of hydrogen-bond acceptors (Lipinski definition) is 10. The molecular formula is C36H30ClF3N12. The first kappa shape index (κ1) is 35.3. The third kappa shape index (κ3) is 8.27. The summed E-state index contributed by atoms with van der Waals surface area (Å²) in [4.78, 5) is 33.6. The Labute approximate surface area is 300 Å². The molecule has 0 atom stereocenters. The zero-order chi connectivity index (χ0) is 36.8. The first-order chi connectivity index (χ1) is 25.0. The van der Waals surface area contributed by atoms with E-state index in [-0.39, 0.29) is 5.82 Å². The van der Waals surface area contributed by atoms with Crippen molar-refractivity contribution in [3.05, 3.63) is 138 Å². The molecule has 8 aromatic rings. The van der Waals surface area contributed by atoms with Crippen molar-refractivity contribution in [3.63, 3.8) is 0 Å². The van der Waals surface area contributed by atoms with Crippen molar-refractivity contribution in [1.82, 2.24) is 48.7 Å². The van der Waals surface area contributed by atoms with Gasteiger partial charge in [0.2, 0.25) is 0 Å². The van der Waals surface area contributed by atoms with Crippen LogP contribution < -0.4 is 11.1 Å². The van der Waals surface area contributed by atoms with Crippen molar-refractivity contribution < 1.29 is 13.2 Å². The monoisotopic (exact) mass is 722 g/mol. The van der Waals surface area contributed by atoms with Crippen molar-refractivity contribution in [2.75, 3.05) is 11.1 Å². The number of hydrogen-bond donors (Lipinski definition) is 2. The van der Waals surface area contributed by atoms with Gasteiger partial charge in [-0.05, 0) is 68.8 Å². The molecule has 0 fully saturated rings. The molecule has 16 heteroatoms. The van der Waals surface area contributed by atoms with Crippen LogP contribution in [0.5, 0.6) is 0 Å². The van der Waals surface area contributed by atoms with Crippen LogP contribution in [0.1, 0.15) is 22.5 Å². The van der Waals surface area contributed by atoms with Crippen LogP contribution in [0.15, 0.2) is 110 Å². The van der Waals surface area contributed by atoms with Crippen LogP contribution >= 0.6 is 11.6 Å². The summed E-state index contributed by atoms with van der Waals surface area (Å²) in [7, 11) is 0. The molecule has 0 amide bonds. The topological polar surface area (TPSA) is 150 Å². The molecule has 3 N–H and O–H groups in total. The number of imidazole rings is 2. The molecule has 8 heterocycles. The fourth-order valence-corrected chi connectivity index (χ4v) is 5.23. The molecule has 0 aliphatic heterocycles. The number of aromatic nitrogens is 10. The molecule has 0 spiro atoms. The summed E-state index contributed by atoms with van der Waals surface area (Å²) in [6.45, 7) is 5.80. The number of rotatable bonds is 4. The molecule has 52 heavy (non-hydrogen) atoms. The van der Waals surface area contributed by atoms with Gasteiger partial charge in [0.05, 0.1) is 53.1 Å². The van der Waals surface area contributed by atoms with Crippen molar-refractivity contribution in [2.45, 2.75) is 26.9 Å². The van der Waals surface area contributed by atoms with Gasteiger partial charge in [-0.2, -0.15) is 13.2 Å². The normalized spacial score (nSPS) is 11.1. The fourth-order valence-electron chi connectivity index (χ4n) is 5.09. The molecule has 0 aromatic carbocycles. The minimum Gasteiger partial charge on any atom is -0.384 e. The highest BCUT2D eigenvalue weighted by Gasteiger charge is 2.30. The maximum absolute atomic E-state index is 12.6. The Bertz CT molecular complexity index is 2420. The van der Waals surface area contributed by atoms with Crippen LogP contribution in [-0.2, 0) is 6.18 Å². The number of halogens is 4. The smallest absolute Gasteiger partial charge is 0.384 e. The number of anilines is 3. The highest BCUT2D eigenvalue weighted by molar-refractivity contribution is 6.29. The third-order valence-electron chi connectivity index (χ3n) is 7.41. The van der Waals surface area contributed by atoms with E-state index in [1.807, 2.05) is 84.4 Å². The summed E-state index contributed by atoms with van der Waals surface area (Å²) < 4.78 is 41.8. The molecule has 0 aliphatic rings. The van der Waals surface area contributed by atoms with Crippen LogP contribution in [0.25, 0.3) is 34.1 Å². The molecule has 0 unspecified atom stereocenters. The average molecular weight is 723 g/mol. The Kier molecular flexibility index (Phi) is 10.3. The van der Waals surface area contributed by atoms with Crippen LogP contribution in [0, 0.1) is 20.8 Å². The highest BCUT2D eigenvalue weighted by Crippen LogP contribution is 2.30. The maximum Gasteiger partial charge on any atom is 0.417 e. The van der Waals surface area contributed by atoms with Crippen LogP contribution in [-0.4, -0.2) is 48.7 Å². The Hall–Kier alpha value is -6.48. The van der Waals surface area contributed by atoms with Gasteiger partial charge in [0.1, 0.15) is 39.5 Å². The molecular weight excluding hydrogens is 693 g/mol. The largest absolute Gasteiger partial charge is 0.417 e. The lowest BCUT2D eigenvalue weighted by Crippen LogP contribution is -2.06. The summed E-state index contributed by atoms with van der Waals surface area (Å²) >= 11 is 5.86. The van der Waals surface area contributed by atoms with Crippen molar-refractivity contribution in [3.8, 4) is 22.8 Å². The third-order valence-corrected chi connectivity index (χ3v) is 7.60. The minimum absolute atomic E-state index is 0.240. The lowest BCUT2D eigenvalue weighted by Gasteiger charge is -2.09. The first-order valence-corrected chi connectivity index (χ1v) is 16.0. The van der Waals surface area contributed by atoms with Crippen LogP contribution in [0.2, 0.25) is 5.15 Å². The van der Waals surface area contributed by atoms with E-state index in [2.05, 4.69) is 45.2 Å². The zero-order valence-electron chi connectivity index (χ0n) is 28.0. The van der Waals surface area contributed by atoms with Gasteiger partial charge in [-0.15, -0.1) is 0 Å². The van der Waals surface area contributed by atoms with Crippen molar-refractivity contribution in [1.29, 1.82) is 0 Å². The summed E-state index contributed by atoms with van der Waals surface area (Å²) in [6, 6.07) is 17.5. The number of pyridine rings is 4. The molecule has 262 valence electrons. The van der Waals surface area contributed by atoms with E-state index in [9.17, 15) is 13.2 Å². The van der Waals surface area contributed by atoms with Crippen molar-refractivity contribution >= 4 is 40.3 Å². The van der Waals surface area contributed by atoms with Crippen LogP contribution in [0.3, 0.4) is 0 Å². The maximum atomic E-state index is 12.6. The van der Waals surface area contributed by atoms with Crippen molar-refractivity contribution in [2.24, 2.45) is 0 Å². The standard InChI is InChI=1S/C18H13F3N6.C12H9ClN4.C6H8N2/c1-11-17(27-7-3-2-4-16(27)24-11)13-9-22-10-15(25-13)26-14-6-5-12(8-23-14)18(19,20)21;1-8-12(9-6-14-7-10(13)16-9)17-5-3-2-4-11(17)15-8;1-5-2-3-6(7)8-4-5/h2-10H,1H3,(H,23,25,26);2-7H,1H3;2-4H,1H3,(H2,7,8). The Morgan fingerprint density at radius 3 is 1.77 bits per heavy atom. The molecule has 12 nitrogen and oxygen atoms in total. The lowest BCUT2D eigenvalue weighted by molar-refractivity contribution is -0.137. The van der Waals surface area contributed by atoms with Gasteiger partial charge in [-0.25, -0.2) is 29.9 Å². The van der Waals surface area contributed by atoms with E-state index in [4.69, 9.17) is 17.3 Å². The van der Waals surface area contributed by atoms with E-state index >= 15 is 0 Å². The number of nitrogens with zero attached hydrogens (tertiary/aromatic N) is 10. The number of nitrogens with two attached hydrogens (primary N) is 1. The van der Waals surface area contributed by atoms with Gasteiger partial charge >= 0.3 is 6.18 Å². The molecule has 0 saturated carbocycles. The second-order valence-corrected chi connectivity index (χ2v) is 11.7.